The fourth-order valence-electron chi connectivity index (χ4n) is 4.56. The Morgan fingerprint density at radius 3 is 2.37 bits per heavy atom. The molecule has 3 N–H and O–H groups in total. The van der Waals surface area contributed by atoms with E-state index in [1.807, 2.05) is 31.5 Å². The van der Waals surface area contributed by atoms with Crippen LogP contribution in [0.4, 0.5) is 11.8 Å². The molecule has 0 radical (unpaired) electrons. The Morgan fingerprint density at radius 1 is 1.05 bits per heavy atom. The summed E-state index contributed by atoms with van der Waals surface area (Å²) in [5, 5.41) is 9.85. The van der Waals surface area contributed by atoms with Gasteiger partial charge in [0.1, 0.15) is 0 Å². The Balaban J connectivity index is 1.56. The molecule has 218 valence electrons. The molecule has 0 aliphatic rings. The number of fused-ring (bicyclic) bond motifs is 1. The SMILES string of the molecule is CC[C@H](Nc1nc(NCc2cnc(C)cc2C)c2ncn(C(C)C)c2n1)[C@@H](C)NC(=O)c1ccc(S(C)(=O)=O)cc1. The average molecular weight is 579 g/mol. The molecule has 0 aliphatic carbocycles. The lowest BCUT2D eigenvalue weighted by Gasteiger charge is -2.25. The minimum Gasteiger partial charge on any atom is -0.364 e. The third-order valence-corrected chi connectivity index (χ3v) is 8.17. The third-order valence-electron chi connectivity index (χ3n) is 7.04. The number of pyridine rings is 1. The maximum absolute atomic E-state index is 12.9. The summed E-state index contributed by atoms with van der Waals surface area (Å²) >= 11 is 0. The Bertz CT molecular complexity index is 1650. The molecule has 11 nitrogen and oxygen atoms in total. The van der Waals surface area contributed by atoms with Crippen molar-refractivity contribution in [1.82, 2.24) is 29.8 Å². The van der Waals surface area contributed by atoms with E-state index in [-0.39, 0.29) is 28.9 Å². The van der Waals surface area contributed by atoms with Gasteiger partial charge in [-0.3, -0.25) is 9.78 Å². The molecule has 3 aromatic heterocycles. The highest BCUT2D eigenvalue weighted by Gasteiger charge is 2.22. The zero-order chi connectivity index (χ0) is 29.9. The van der Waals surface area contributed by atoms with Gasteiger partial charge in [0.15, 0.2) is 26.8 Å². The Kier molecular flexibility index (Phi) is 8.91. The van der Waals surface area contributed by atoms with Crippen molar-refractivity contribution in [3.05, 3.63) is 65.2 Å². The lowest BCUT2D eigenvalue weighted by molar-refractivity contribution is 0.0935. The summed E-state index contributed by atoms with van der Waals surface area (Å²) in [7, 11) is -3.34. The average Bonchev–Trinajstić information content (AvgIpc) is 3.35. The van der Waals surface area contributed by atoms with E-state index in [1.165, 1.54) is 24.3 Å². The third kappa shape index (κ3) is 6.99. The summed E-state index contributed by atoms with van der Waals surface area (Å²) in [6, 6.07) is 7.64. The Morgan fingerprint density at radius 2 is 1.76 bits per heavy atom. The van der Waals surface area contributed by atoms with Crippen LogP contribution in [0.3, 0.4) is 0 Å². The van der Waals surface area contributed by atoms with Gasteiger partial charge in [0.2, 0.25) is 5.95 Å². The maximum Gasteiger partial charge on any atom is 0.251 e. The van der Waals surface area contributed by atoms with Crippen molar-refractivity contribution in [2.75, 3.05) is 16.9 Å². The van der Waals surface area contributed by atoms with Crippen LogP contribution >= 0.6 is 0 Å². The van der Waals surface area contributed by atoms with E-state index in [0.717, 1.165) is 23.1 Å². The first kappa shape index (κ1) is 29.9. The molecular formula is C29H38N8O3S. The smallest absolute Gasteiger partial charge is 0.251 e. The van der Waals surface area contributed by atoms with Gasteiger partial charge >= 0.3 is 0 Å². The number of nitrogens with one attached hydrogen (secondary N) is 3. The summed E-state index contributed by atoms with van der Waals surface area (Å²) in [6.07, 6.45) is 5.47. The molecule has 4 rings (SSSR count). The molecule has 0 unspecified atom stereocenters. The largest absolute Gasteiger partial charge is 0.364 e. The fourth-order valence-corrected chi connectivity index (χ4v) is 5.19. The van der Waals surface area contributed by atoms with Crippen molar-refractivity contribution in [3.63, 3.8) is 0 Å². The number of carbonyl (C=O) groups excluding carboxylic acids is 1. The second-order valence-electron chi connectivity index (χ2n) is 10.6. The molecule has 1 amide bonds. The normalized spacial score (nSPS) is 13.3. The molecule has 2 atom stereocenters. The number of imidazole rings is 1. The second-order valence-corrected chi connectivity index (χ2v) is 12.7. The zero-order valence-electron chi connectivity index (χ0n) is 24.6. The molecular weight excluding hydrogens is 540 g/mol. The van der Waals surface area contributed by atoms with E-state index in [1.54, 1.807) is 6.33 Å². The molecule has 41 heavy (non-hydrogen) atoms. The zero-order valence-corrected chi connectivity index (χ0v) is 25.4. The van der Waals surface area contributed by atoms with E-state index in [9.17, 15) is 13.2 Å². The van der Waals surface area contributed by atoms with Crippen molar-refractivity contribution in [2.24, 2.45) is 0 Å². The van der Waals surface area contributed by atoms with Crippen LogP contribution in [-0.2, 0) is 16.4 Å². The second kappa shape index (κ2) is 12.2. The molecule has 12 heteroatoms. The quantitative estimate of drug-likeness (QED) is 0.235. The van der Waals surface area contributed by atoms with E-state index < -0.39 is 9.84 Å². The molecule has 0 fully saturated rings. The highest BCUT2D eigenvalue weighted by molar-refractivity contribution is 7.90. The lowest BCUT2D eigenvalue weighted by Crippen LogP contribution is -2.44. The number of nitrogens with zero attached hydrogens (tertiary/aromatic N) is 5. The van der Waals surface area contributed by atoms with Crippen LogP contribution in [0.5, 0.6) is 0 Å². The van der Waals surface area contributed by atoms with Crippen molar-refractivity contribution in [3.8, 4) is 0 Å². The first-order valence-corrected chi connectivity index (χ1v) is 15.5. The number of hydrogen-bond acceptors (Lipinski definition) is 9. The number of aryl methyl sites for hydroxylation is 2. The predicted octanol–water partition coefficient (Wildman–Crippen LogP) is 4.44. The van der Waals surface area contributed by atoms with Gasteiger partial charge < -0.3 is 20.5 Å². The Labute approximate surface area is 241 Å². The van der Waals surface area contributed by atoms with Crippen LogP contribution in [0.2, 0.25) is 0 Å². The van der Waals surface area contributed by atoms with E-state index in [4.69, 9.17) is 9.97 Å². The molecule has 0 aliphatic heterocycles. The van der Waals surface area contributed by atoms with Gasteiger partial charge in [0.05, 0.1) is 11.2 Å². The number of aromatic nitrogens is 5. The first-order valence-electron chi connectivity index (χ1n) is 13.7. The van der Waals surface area contributed by atoms with E-state index in [0.29, 0.717) is 41.5 Å². The van der Waals surface area contributed by atoms with Crippen molar-refractivity contribution >= 4 is 38.7 Å². The Hall–Kier alpha value is -4.06. The molecule has 0 spiro atoms. The highest BCUT2D eigenvalue weighted by Crippen LogP contribution is 2.25. The van der Waals surface area contributed by atoms with Crippen molar-refractivity contribution < 1.29 is 13.2 Å². The maximum atomic E-state index is 12.9. The van der Waals surface area contributed by atoms with Gasteiger partial charge in [0, 0.05) is 48.4 Å². The molecule has 1 aromatic carbocycles. The van der Waals surface area contributed by atoms with Gasteiger partial charge in [-0.2, -0.15) is 9.97 Å². The summed E-state index contributed by atoms with van der Waals surface area (Å²) in [4.78, 5) is 31.7. The minimum atomic E-state index is -3.34. The number of benzene rings is 1. The topological polar surface area (TPSA) is 144 Å². The highest BCUT2D eigenvalue weighted by atomic mass is 32.2. The molecule has 0 saturated carbocycles. The predicted molar refractivity (Wildman–Crippen MR) is 161 cm³/mol. The standard InChI is InChI=1S/C29H38N8O3S/c1-8-24(20(6)33-28(38)21-9-11-23(12-10-21)41(7,39)40)34-29-35-26(25-27(36-29)37(16-32-25)17(2)3)31-15-22-14-30-19(5)13-18(22)4/h9-14,16-17,20,24H,8,15H2,1-7H3,(H,33,38)(H2,31,34,35,36)/t20-,24+/m1/s1. The van der Waals surface area contributed by atoms with Gasteiger partial charge in [-0.05, 0) is 82.5 Å². The number of hydrogen-bond donors (Lipinski definition) is 3. The van der Waals surface area contributed by atoms with Crippen LogP contribution in [0, 0.1) is 13.8 Å². The van der Waals surface area contributed by atoms with Crippen LogP contribution in [-0.4, -0.2) is 57.2 Å². The molecule has 0 saturated heterocycles. The summed E-state index contributed by atoms with van der Waals surface area (Å²) < 4.78 is 25.5. The van der Waals surface area contributed by atoms with Gasteiger partial charge in [-0.15, -0.1) is 0 Å². The van der Waals surface area contributed by atoms with E-state index in [2.05, 4.69) is 52.8 Å². The monoisotopic (exact) mass is 578 g/mol. The van der Waals surface area contributed by atoms with Crippen LogP contribution in [0.1, 0.15) is 67.3 Å². The molecule has 4 aromatic rings. The number of anilines is 2. The minimum absolute atomic E-state index is 0.147. The van der Waals surface area contributed by atoms with Gasteiger partial charge in [-0.25, -0.2) is 13.4 Å². The van der Waals surface area contributed by atoms with E-state index >= 15 is 0 Å². The lowest BCUT2D eigenvalue weighted by atomic mass is 10.1. The number of sulfone groups is 1. The number of carbonyl (C=O) groups is 1. The van der Waals surface area contributed by atoms with Crippen molar-refractivity contribution in [2.45, 2.75) is 77.5 Å². The van der Waals surface area contributed by atoms with Crippen LogP contribution < -0.4 is 16.0 Å². The summed E-state index contributed by atoms with van der Waals surface area (Å²) in [5.41, 5.74) is 4.93. The van der Waals surface area contributed by atoms with Gasteiger partial charge in [0.25, 0.3) is 5.91 Å². The number of rotatable bonds is 11. The summed E-state index contributed by atoms with van der Waals surface area (Å²) in [5.74, 6) is 0.734. The summed E-state index contributed by atoms with van der Waals surface area (Å²) in [6.45, 7) is 12.6. The van der Waals surface area contributed by atoms with Crippen LogP contribution in [0.25, 0.3) is 11.2 Å². The molecule has 0 bridgehead atoms. The van der Waals surface area contributed by atoms with Crippen molar-refractivity contribution in [1.29, 1.82) is 0 Å². The van der Waals surface area contributed by atoms with Crippen LogP contribution in [0.15, 0.2) is 47.8 Å². The fraction of sp³-hybridized carbons (Fsp3) is 0.414. The first-order chi connectivity index (χ1) is 19.4. The molecule has 3 heterocycles. The number of amides is 1. The van der Waals surface area contributed by atoms with Gasteiger partial charge in [-0.1, -0.05) is 6.92 Å².